The van der Waals surface area contributed by atoms with Gasteiger partial charge in [-0.3, -0.25) is 9.59 Å². The largest absolute Gasteiger partial charge is 0.508 e. The lowest BCUT2D eigenvalue weighted by atomic mass is 10.1. The van der Waals surface area contributed by atoms with Crippen molar-refractivity contribution in [3.05, 3.63) is 53.4 Å². The SMILES string of the molecule is C.C/C=C/C(=O)CCC(=O)N1CC=C(c2cc3nc(-c4cccc(O)c4)nc(N4CCOCC4)c3s2)CC1.CC. The zero-order valence-corrected chi connectivity index (χ0v) is 23.7. The predicted molar refractivity (Wildman–Crippen MR) is 164 cm³/mol. The molecule has 1 aromatic carbocycles. The number of phenolic OH excluding ortho intramolecular Hbond substituents is 1. The van der Waals surface area contributed by atoms with Gasteiger partial charge in [0.25, 0.3) is 0 Å². The fraction of sp³-hybridized carbons (Fsp3) is 0.419. The van der Waals surface area contributed by atoms with E-state index in [1.54, 1.807) is 42.5 Å². The summed E-state index contributed by atoms with van der Waals surface area (Å²) in [7, 11) is 0. The number of thiophene rings is 1. The molecule has 9 heteroatoms. The number of ether oxygens (including phenoxy) is 1. The molecular formula is C31H40N4O4S. The summed E-state index contributed by atoms with van der Waals surface area (Å²) in [6.07, 6.45) is 6.57. The van der Waals surface area contributed by atoms with Crippen molar-refractivity contribution < 1.29 is 19.4 Å². The van der Waals surface area contributed by atoms with E-state index in [9.17, 15) is 14.7 Å². The highest BCUT2D eigenvalue weighted by atomic mass is 32.1. The molecule has 2 aliphatic rings. The molecule has 0 unspecified atom stereocenters. The topological polar surface area (TPSA) is 95.9 Å². The minimum absolute atomic E-state index is 0. The zero-order chi connectivity index (χ0) is 27.8. The lowest BCUT2D eigenvalue weighted by Crippen LogP contribution is -2.36. The van der Waals surface area contributed by atoms with Crippen molar-refractivity contribution in [2.24, 2.45) is 0 Å². The summed E-state index contributed by atoms with van der Waals surface area (Å²) in [5.74, 6) is 1.65. The maximum absolute atomic E-state index is 12.6. The summed E-state index contributed by atoms with van der Waals surface area (Å²) >= 11 is 1.68. The van der Waals surface area contributed by atoms with Gasteiger partial charge in [-0.05, 0) is 43.2 Å². The first-order valence-electron chi connectivity index (χ1n) is 13.6. The Bertz CT molecular complexity index is 1370. The van der Waals surface area contributed by atoms with Crippen LogP contribution in [0.5, 0.6) is 5.75 Å². The van der Waals surface area contributed by atoms with E-state index in [4.69, 9.17) is 14.7 Å². The van der Waals surface area contributed by atoms with Crippen LogP contribution in [0.4, 0.5) is 5.82 Å². The molecular weight excluding hydrogens is 524 g/mol. The second-order valence-corrected chi connectivity index (χ2v) is 10.2. The number of aromatic nitrogens is 2. The van der Waals surface area contributed by atoms with Gasteiger partial charge in [-0.15, -0.1) is 11.3 Å². The third kappa shape index (κ3) is 7.34. The number of ketones is 1. The van der Waals surface area contributed by atoms with Gasteiger partial charge >= 0.3 is 0 Å². The van der Waals surface area contributed by atoms with E-state index in [0.29, 0.717) is 32.1 Å². The minimum atomic E-state index is -0.0170. The molecule has 4 heterocycles. The van der Waals surface area contributed by atoms with Gasteiger partial charge in [-0.2, -0.15) is 0 Å². The molecule has 214 valence electrons. The summed E-state index contributed by atoms with van der Waals surface area (Å²) in [6, 6.07) is 9.12. The average molecular weight is 565 g/mol. The molecule has 8 nitrogen and oxygen atoms in total. The van der Waals surface area contributed by atoms with Gasteiger partial charge in [0.15, 0.2) is 17.4 Å². The molecule has 0 atom stereocenters. The number of phenols is 1. The van der Waals surface area contributed by atoms with E-state index in [2.05, 4.69) is 17.0 Å². The predicted octanol–water partition coefficient (Wildman–Crippen LogP) is 6.10. The number of carbonyl (C=O) groups excluding carboxylic acids is 2. The van der Waals surface area contributed by atoms with E-state index in [0.717, 1.165) is 46.0 Å². The van der Waals surface area contributed by atoms with Crippen molar-refractivity contribution in [1.29, 1.82) is 0 Å². The number of benzene rings is 1. The van der Waals surface area contributed by atoms with Crippen molar-refractivity contribution in [2.45, 2.75) is 47.5 Å². The van der Waals surface area contributed by atoms with Gasteiger partial charge in [0, 0.05) is 49.5 Å². The van der Waals surface area contributed by atoms with E-state index in [-0.39, 0.29) is 37.7 Å². The molecule has 1 N–H and O–H groups in total. The smallest absolute Gasteiger partial charge is 0.223 e. The number of nitrogens with zero attached hydrogens (tertiary/aromatic N) is 4. The number of allylic oxidation sites excluding steroid dienone is 2. The zero-order valence-electron chi connectivity index (χ0n) is 22.9. The fourth-order valence-electron chi connectivity index (χ4n) is 4.61. The Balaban J connectivity index is 0.00000144. The monoisotopic (exact) mass is 564 g/mol. The van der Waals surface area contributed by atoms with Crippen LogP contribution >= 0.6 is 11.3 Å². The van der Waals surface area contributed by atoms with Crippen LogP contribution in [0.3, 0.4) is 0 Å². The lowest BCUT2D eigenvalue weighted by Gasteiger charge is -2.28. The van der Waals surface area contributed by atoms with Crippen LogP contribution in [-0.4, -0.2) is 71.1 Å². The molecule has 40 heavy (non-hydrogen) atoms. The molecule has 1 saturated heterocycles. The van der Waals surface area contributed by atoms with Gasteiger partial charge in [0.05, 0.1) is 23.4 Å². The molecule has 1 fully saturated rings. The summed E-state index contributed by atoms with van der Waals surface area (Å²) in [5.41, 5.74) is 2.84. The van der Waals surface area contributed by atoms with Crippen molar-refractivity contribution in [1.82, 2.24) is 14.9 Å². The van der Waals surface area contributed by atoms with Crippen LogP contribution in [0.25, 0.3) is 27.2 Å². The highest BCUT2D eigenvalue weighted by Crippen LogP contribution is 2.38. The standard InChI is InChI=1S/C28H30N4O4S.C2H6.CH4/c1-2-4-21(33)7-8-25(35)31-11-9-19(10-12-31)24-18-23-26(37-24)28(32-13-15-36-16-14-32)30-27(29-23)20-5-3-6-22(34)17-20;1-2;/h2-6,9,17-18,34H,7-8,10-16H2,1H3;1-2H3;1H4/b4-2+;;. The molecule has 2 aromatic heterocycles. The molecule has 5 rings (SSSR count). The normalized spacial score (nSPS) is 15.3. The van der Waals surface area contributed by atoms with Crippen LogP contribution in [0.1, 0.15) is 52.3 Å². The van der Waals surface area contributed by atoms with Crippen LogP contribution in [0.2, 0.25) is 0 Å². The number of anilines is 1. The van der Waals surface area contributed by atoms with E-state index < -0.39 is 0 Å². The Kier molecular flexibility index (Phi) is 11.4. The number of fused-ring (bicyclic) bond motifs is 1. The van der Waals surface area contributed by atoms with E-state index in [1.165, 1.54) is 11.6 Å². The van der Waals surface area contributed by atoms with Crippen LogP contribution in [0, 0.1) is 0 Å². The number of amides is 1. The number of hydrogen-bond acceptors (Lipinski definition) is 8. The third-order valence-electron chi connectivity index (χ3n) is 6.58. The summed E-state index contributed by atoms with van der Waals surface area (Å²) in [6.45, 7) is 9.79. The van der Waals surface area contributed by atoms with Crippen molar-refractivity contribution >= 4 is 44.6 Å². The first-order valence-corrected chi connectivity index (χ1v) is 14.4. The highest BCUT2D eigenvalue weighted by molar-refractivity contribution is 7.20. The van der Waals surface area contributed by atoms with E-state index >= 15 is 0 Å². The Morgan fingerprint density at radius 1 is 1.10 bits per heavy atom. The summed E-state index contributed by atoms with van der Waals surface area (Å²) in [4.78, 5) is 39.3. The van der Waals surface area contributed by atoms with Gasteiger partial charge in [-0.25, -0.2) is 9.97 Å². The number of carbonyl (C=O) groups is 2. The summed E-state index contributed by atoms with van der Waals surface area (Å²) < 4.78 is 6.59. The maximum atomic E-state index is 12.6. The Morgan fingerprint density at radius 3 is 2.55 bits per heavy atom. The first kappa shape index (κ1) is 31.0. The number of morpholine rings is 1. The minimum Gasteiger partial charge on any atom is -0.508 e. The molecule has 0 bridgehead atoms. The molecule has 0 spiro atoms. The quantitative estimate of drug-likeness (QED) is 0.346. The lowest BCUT2D eigenvalue weighted by molar-refractivity contribution is -0.132. The molecule has 1 amide bonds. The molecule has 2 aliphatic heterocycles. The van der Waals surface area contributed by atoms with Gasteiger partial charge in [-0.1, -0.05) is 45.6 Å². The Labute approximate surface area is 241 Å². The second kappa shape index (κ2) is 14.7. The van der Waals surface area contributed by atoms with Crippen LogP contribution < -0.4 is 4.90 Å². The van der Waals surface area contributed by atoms with Crippen molar-refractivity contribution in [3.63, 3.8) is 0 Å². The molecule has 0 aliphatic carbocycles. The van der Waals surface area contributed by atoms with E-state index in [1.807, 2.05) is 24.8 Å². The van der Waals surface area contributed by atoms with Crippen LogP contribution in [-0.2, 0) is 14.3 Å². The molecule has 3 aromatic rings. The Morgan fingerprint density at radius 2 is 1.88 bits per heavy atom. The molecule has 0 saturated carbocycles. The molecule has 0 radical (unpaired) electrons. The number of hydrogen-bond donors (Lipinski definition) is 1. The van der Waals surface area contributed by atoms with Gasteiger partial charge in [0.2, 0.25) is 5.91 Å². The first-order chi connectivity index (χ1) is 19.0. The van der Waals surface area contributed by atoms with Gasteiger partial charge in [0.1, 0.15) is 5.75 Å². The van der Waals surface area contributed by atoms with Crippen molar-refractivity contribution in [2.75, 3.05) is 44.3 Å². The summed E-state index contributed by atoms with van der Waals surface area (Å²) in [5, 5.41) is 9.99. The van der Waals surface area contributed by atoms with Crippen LogP contribution in [0.15, 0.2) is 48.6 Å². The third-order valence-corrected chi connectivity index (χ3v) is 7.78. The number of aromatic hydroxyl groups is 1. The average Bonchev–Trinajstić information content (AvgIpc) is 3.41. The van der Waals surface area contributed by atoms with Crippen molar-refractivity contribution in [3.8, 4) is 17.1 Å². The Hall–Kier alpha value is -3.56. The maximum Gasteiger partial charge on any atom is 0.223 e. The number of rotatable bonds is 7. The fourth-order valence-corrected chi connectivity index (χ4v) is 5.80. The highest BCUT2D eigenvalue weighted by Gasteiger charge is 2.23. The second-order valence-electron chi connectivity index (χ2n) is 9.13. The van der Waals surface area contributed by atoms with Gasteiger partial charge < -0.3 is 19.6 Å².